The maximum atomic E-state index is 12.3. The zero-order valence-corrected chi connectivity index (χ0v) is 12.6. The number of hydrogen-bond donors (Lipinski definition) is 1. The van der Waals surface area contributed by atoms with Crippen molar-refractivity contribution < 1.29 is 18.3 Å². The Labute approximate surface area is 124 Å². The van der Waals surface area contributed by atoms with Crippen molar-refractivity contribution in [3.63, 3.8) is 0 Å². The van der Waals surface area contributed by atoms with Crippen molar-refractivity contribution in [1.29, 1.82) is 0 Å². The highest BCUT2D eigenvalue weighted by Gasteiger charge is 2.20. The topological polar surface area (TPSA) is 89.3 Å². The van der Waals surface area contributed by atoms with Gasteiger partial charge in [-0.1, -0.05) is 0 Å². The van der Waals surface area contributed by atoms with Crippen LogP contribution in [0.25, 0.3) is 0 Å². The Morgan fingerprint density at radius 2 is 2.15 bits per heavy atom. The summed E-state index contributed by atoms with van der Waals surface area (Å²) in [7, 11) is -3.59. The third-order valence-electron chi connectivity index (χ3n) is 2.66. The van der Waals surface area contributed by atoms with Crippen molar-refractivity contribution in [1.82, 2.24) is 9.78 Å². The fraction of sp³-hybridized carbons (Fsp3) is 0.167. The average Bonchev–Trinajstić information content (AvgIpc) is 2.89. The van der Waals surface area contributed by atoms with Gasteiger partial charge >= 0.3 is 5.97 Å². The molecule has 0 fully saturated rings. The van der Waals surface area contributed by atoms with E-state index in [-0.39, 0.29) is 22.8 Å². The Bertz CT molecular complexity index is 726. The quantitative estimate of drug-likeness (QED) is 0.880. The van der Waals surface area contributed by atoms with E-state index in [1.807, 2.05) is 0 Å². The van der Waals surface area contributed by atoms with Crippen LogP contribution in [0, 0.1) is 0 Å². The molecule has 0 amide bonds. The first-order valence-electron chi connectivity index (χ1n) is 5.63. The molecule has 0 aliphatic heterocycles. The van der Waals surface area contributed by atoms with Crippen molar-refractivity contribution in [3.05, 3.63) is 46.7 Å². The van der Waals surface area contributed by atoms with Gasteiger partial charge in [0.05, 0.1) is 22.8 Å². The number of sulfone groups is 1. The van der Waals surface area contributed by atoms with Crippen LogP contribution in [0.1, 0.15) is 10.4 Å². The number of hydrogen-bond acceptors (Lipinski definition) is 4. The van der Waals surface area contributed by atoms with Crippen LogP contribution in [0.4, 0.5) is 0 Å². The maximum Gasteiger partial charge on any atom is 0.335 e. The van der Waals surface area contributed by atoms with Crippen molar-refractivity contribution in [2.75, 3.05) is 5.75 Å². The molecule has 106 valence electrons. The highest BCUT2D eigenvalue weighted by atomic mass is 79.9. The average molecular weight is 359 g/mol. The van der Waals surface area contributed by atoms with Crippen molar-refractivity contribution >= 4 is 31.7 Å². The standard InChI is InChI=1S/C12H11BrN2O4S/c13-10-3-2-9(12(16)17)8-11(10)20(18,19)7-6-15-5-1-4-14-15/h1-5,8H,6-7H2,(H,16,17). The predicted octanol–water partition coefficient (Wildman–Crippen LogP) is 1.82. The molecule has 0 saturated carbocycles. The Morgan fingerprint density at radius 3 is 2.75 bits per heavy atom. The highest BCUT2D eigenvalue weighted by Crippen LogP contribution is 2.24. The Hall–Kier alpha value is -1.67. The number of aromatic carboxylic acids is 1. The molecule has 2 aromatic rings. The molecule has 2 rings (SSSR count). The van der Waals surface area contributed by atoms with Gasteiger partial charge in [0, 0.05) is 16.9 Å². The van der Waals surface area contributed by atoms with Crippen molar-refractivity contribution in [2.45, 2.75) is 11.4 Å². The van der Waals surface area contributed by atoms with Crippen LogP contribution < -0.4 is 0 Å². The molecule has 1 aromatic heterocycles. The van der Waals surface area contributed by atoms with E-state index in [4.69, 9.17) is 5.11 Å². The van der Waals surface area contributed by atoms with E-state index in [0.717, 1.165) is 6.07 Å². The molecule has 0 aliphatic rings. The molecule has 0 spiro atoms. The van der Waals surface area contributed by atoms with Gasteiger partial charge < -0.3 is 5.11 Å². The first-order chi connectivity index (χ1) is 9.40. The zero-order valence-electron chi connectivity index (χ0n) is 10.2. The maximum absolute atomic E-state index is 12.3. The summed E-state index contributed by atoms with van der Waals surface area (Å²) < 4.78 is 26.4. The number of halogens is 1. The summed E-state index contributed by atoms with van der Waals surface area (Å²) in [6, 6.07) is 5.63. The molecule has 20 heavy (non-hydrogen) atoms. The lowest BCUT2D eigenvalue weighted by Gasteiger charge is -2.08. The van der Waals surface area contributed by atoms with E-state index in [2.05, 4.69) is 21.0 Å². The summed E-state index contributed by atoms with van der Waals surface area (Å²) in [5.74, 6) is -1.32. The second kappa shape index (κ2) is 5.76. The largest absolute Gasteiger partial charge is 0.478 e. The summed E-state index contributed by atoms with van der Waals surface area (Å²) in [5.41, 5.74) is -0.0640. The molecule has 0 radical (unpaired) electrons. The minimum atomic E-state index is -3.59. The van der Waals surface area contributed by atoms with E-state index >= 15 is 0 Å². The number of rotatable bonds is 5. The van der Waals surface area contributed by atoms with Gasteiger partial charge in [0.25, 0.3) is 0 Å². The van der Waals surface area contributed by atoms with Gasteiger partial charge in [-0.2, -0.15) is 5.10 Å². The van der Waals surface area contributed by atoms with E-state index in [9.17, 15) is 13.2 Å². The third kappa shape index (κ3) is 3.26. The van der Waals surface area contributed by atoms with Crippen LogP contribution in [0.2, 0.25) is 0 Å². The fourth-order valence-electron chi connectivity index (χ4n) is 1.63. The molecule has 1 aromatic carbocycles. The molecular formula is C12H11BrN2O4S. The number of aryl methyl sites for hydroxylation is 1. The number of benzene rings is 1. The number of carboxylic acids is 1. The SMILES string of the molecule is O=C(O)c1ccc(Br)c(S(=O)(=O)CCn2cccn2)c1. The van der Waals surface area contributed by atoms with Crippen molar-refractivity contribution in [3.8, 4) is 0 Å². The molecule has 1 N–H and O–H groups in total. The molecule has 0 bridgehead atoms. The molecule has 0 saturated heterocycles. The second-order valence-corrected chi connectivity index (χ2v) is 6.97. The predicted molar refractivity (Wildman–Crippen MR) is 75.4 cm³/mol. The van der Waals surface area contributed by atoms with Gasteiger partial charge in [0.2, 0.25) is 0 Å². The van der Waals surface area contributed by atoms with E-state index in [1.54, 1.807) is 18.5 Å². The van der Waals surface area contributed by atoms with Gasteiger partial charge in [0.1, 0.15) is 0 Å². The minimum absolute atomic E-state index is 0.0236. The molecular weight excluding hydrogens is 348 g/mol. The number of carboxylic acid groups (broad SMARTS) is 1. The first-order valence-corrected chi connectivity index (χ1v) is 8.08. The molecule has 1 heterocycles. The Balaban J connectivity index is 2.28. The van der Waals surface area contributed by atoms with Gasteiger partial charge in [-0.25, -0.2) is 13.2 Å². The smallest absolute Gasteiger partial charge is 0.335 e. The number of aromatic nitrogens is 2. The number of carbonyl (C=O) groups is 1. The molecule has 6 nitrogen and oxygen atoms in total. The van der Waals surface area contributed by atoms with Gasteiger partial charge in [-0.3, -0.25) is 4.68 Å². The van der Waals surface area contributed by atoms with Crippen LogP contribution >= 0.6 is 15.9 Å². The van der Waals surface area contributed by atoms with Gasteiger partial charge in [-0.15, -0.1) is 0 Å². The zero-order chi connectivity index (χ0) is 14.8. The van der Waals surface area contributed by atoms with E-state index in [1.165, 1.54) is 16.8 Å². The fourth-order valence-corrected chi connectivity index (χ4v) is 3.94. The first kappa shape index (κ1) is 14.7. The minimum Gasteiger partial charge on any atom is -0.478 e. The van der Waals surface area contributed by atoms with Gasteiger partial charge in [-0.05, 0) is 40.2 Å². The highest BCUT2D eigenvalue weighted by molar-refractivity contribution is 9.10. The third-order valence-corrected chi connectivity index (χ3v) is 5.34. The van der Waals surface area contributed by atoms with E-state index in [0.29, 0.717) is 4.47 Å². The van der Waals surface area contributed by atoms with Gasteiger partial charge in [0.15, 0.2) is 9.84 Å². The number of nitrogens with zero attached hydrogens (tertiary/aromatic N) is 2. The second-order valence-electron chi connectivity index (χ2n) is 4.04. The van der Waals surface area contributed by atoms with Crippen LogP contribution in [0.5, 0.6) is 0 Å². The molecule has 0 aliphatic carbocycles. The van der Waals surface area contributed by atoms with E-state index < -0.39 is 15.8 Å². The molecule has 0 atom stereocenters. The van der Waals surface area contributed by atoms with Crippen LogP contribution in [0.3, 0.4) is 0 Å². The summed E-state index contributed by atoms with van der Waals surface area (Å²) in [6.45, 7) is 0.207. The summed E-state index contributed by atoms with van der Waals surface area (Å²) in [4.78, 5) is 10.9. The summed E-state index contributed by atoms with van der Waals surface area (Å²) in [5, 5.41) is 12.8. The Kier molecular flexibility index (Phi) is 4.24. The van der Waals surface area contributed by atoms with Crippen LogP contribution in [-0.2, 0) is 16.4 Å². The Morgan fingerprint density at radius 1 is 1.40 bits per heavy atom. The normalized spacial score (nSPS) is 11.4. The lowest BCUT2D eigenvalue weighted by Crippen LogP contribution is -2.14. The summed E-state index contributed by atoms with van der Waals surface area (Å²) >= 11 is 3.14. The molecule has 8 heteroatoms. The lowest BCUT2D eigenvalue weighted by atomic mass is 10.2. The lowest BCUT2D eigenvalue weighted by molar-refractivity contribution is 0.0696. The monoisotopic (exact) mass is 358 g/mol. The molecule has 0 unspecified atom stereocenters. The van der Waals surface area contributed by atoms with Crippen molar-refractivity contribution in [2.24, 2.45) is 0 Å². The van der Waals surface area contributed by atoms with Crippen LogP contribution in [-0.4, -0.2) is 35.0 Å². The van der Waals surface area contributed by atoms with Crippen LogP contribution in [0.15, 0.2) is 46.0 Å². The summed E-state index contributed by atoms with van der Waals surface area (Å²) in [6.07, 6.45) is 3.23.